The first kappa shape index (κ1) is 22.7. The molecule has 0 aromatic heterocycles. The van der Waals surface area contributed by atoms with Gasteiger partial charge < -0.3 is 10.2 Å². The molecule has 0 aliphatic heterocycles. The lowest BCUT2D eigenvalue weighted by Gasteiger charge is -2.30. The lowest BCUT2D eigenvalue weighted by Crippen LogP contribution is -2.46. The van der Waals surface area contributed by atoms with E-state index in [2.05, 4.69) is 0 Å². The van der Waals surface area contributed by atoms with Gasteiger partial charge in [0.05, 0.1) is 25.1 Å². The first-order valence-corrected chi connectivity index (χ1v) is 10.2. The average Bonchev–Trinajstić information content (AvgIpc) is 2.74. The SMILES string of the molecule is O=C(O)C(C(=O)O)(c1ccccc1-c1ccccc1)c1c(Cl)c(Cl)c(Cl)c(Cl)c1Cl. The van der Waals surface area contributed by atoms with Crippen molar-refractivity contribution in [1.82, 2.24) is 0 Å². The molecule has 3 aromatic carbocycles. The Morgan fingerprint density at radius 3 is 1.57 bits per heavy atom. The van der Waals surface area contributed by atoms with Crippen LogP contribution in [0.3, 0.4) is 0 Å². The second kappa shape index (κ2) is 8.66. The maximum atomic E-state index is 12.6. The Hall–Kier alpha value is -1.95. The van der Waals surface area contributed by atoms with E-state index in [1.807, 2.05) is 0 Å². The Morgan fingerprint density at radius 1 is 0.633 bits per heavy atom. The highest BCUT2D eigenvalue weighted by Gasteiger charge is 2.54. The van der Waals surface area contributed by atoms with Gasteiger partial charge in [-0.25, -0.2) is 0 Å². The largest absolute Gasteiger partial charge is 0.480 e. The molecule has 0 spiro atoms. The van der Waals surface area contributed by atoms with E-state index in [4.69, 9.17) is 58.0 Å². The van der Waals surface area contributed by atoms with Crippen LogP contribution >= 0.6 is 58.0 Å². The van der Waals surface area contributed by atoms with Crippen molar-refractivity contribution in [3.63, 3.8) is 0 Å². The topological polar surface area (TPSA) is 74.6 Å². The van der Waals surface area contributed by atoms with Gasteiger partial charge in [-0.1, -0.05) is 113 Å². The molecule has 0 amide bonds. The second-order valence-electron chi connectivity index (χ2n) is 6.22. The molecule has 0 heterocycles. The number of aliphatic carboxylic acids is 2. The Kier molecular flexibility index (Phi) is 6.56. The van der Waals surface area contributed by atoms with Crippen molar-refractivity contribution in [2.24, 2.45) is 0 Å². The summed E-state index contributed by atoms with van der Waals surface area (Å²) in [5.41, 5.74) is -2.32. The van der Waals surface area contributed by atoms with Crippen molar-refractivity contribution in [3.8, 4) is 11.1 Å². The summed E-state index contributed by atoms with van der Waals surface area (Å²) in [6.07, 6.45) is 0. The summed E-state index contributed by atoms with van der Waals surface area (Å²) in [7, 11) is 0. The third kappa shape index (κ3) is 3.43. The maximum absolute atomic E-state index is 12.6. The smallest absolute Gasteiger partial charge is 0.330 e. The highest BCUT2D eigenvalue weighted by molar-refractivity contribution is 6.55. The first-order valence-electron chi connectivity index (χ1n) is 8.29. The average molecular weight is 505 g/mol. The van der Waals surface area contributed by atoms with E-state index < -0.39 is 33.0 Å². The molecule has 0 fully saturated rings. The minimum atomic E-state index is -2.72. The van der Waals surface area contributed by atoms with Gasteiger partial charge in [0, 0.05) is 5.56 Å². The number of halogens is 5. The van der Waals surface area contributed by atoms with Crippen LogP contribution in [0.15, 0.2) is 54.6 Å². The number of benzene rings is 3. The van der Waals surface area contributed by atoms with Crippen LogP contribution in [-0.2, 0) is 15.0 Å². The standard InChI is InChI=1S/C21H11Cl5O4/c22-14-13(15(23)17(25)18(26)16(14)24)21(19(27)28,20(29)30)12-9-5-4-8-11(12)10-6-2-1-3-7-10/h1-9H,(H,27,28)(H,29,30). The zero-order valence-electron chi connectivity index (χ0n) is 14.8. The van der Waals surface area contributed by atoms with Crippen molar-refractivity contribution in [2.45, 2.75) is 5.41 Å². The molecule has 0 saturated carbocycles. The zero-order chi connectivity index (χ0) is 22.2. The fraction of sp³-hybridized carbons (Fsp3) is 0.0476. The van der Waals surface area contributed by atoms with E-state index in [0.29, 0.717) is 11.1 Å². The van der Waals surface area contributed by atoms with Gasteiger partial charge in [-0.05, 0) is 16.7 Å². The predicted molar refractivity (Wildman–Crippen MR) is 119 cm³/mol. The molecule has 0 atom stereocenters. The Bertz CT molecular complexity index is 1120. The molecule has 3 rings (SSSR count). The van der Waals surface area contributed by atoms with Crippen LogP contribution in [0.1, 0.15) is 11.1 Å². The molecule has 0 aliphatic rings. The van der Waals surface area contributed by atoms with Crippen molar-refractivity contribution < 1.29 is 19.8 Å². The summed E-state index contributed by atoms with van der Waals surface area (Å²) in [4.78, 5) is 25.3. The van der Waals surface area contributed by atoms with Crippen molar-refractivity contribution >= 4 is 69.9 Å². The molecule has 0 aliphatic carbocycles. The van der Waals surface area contributed by atoms with Crippen LogP contribution in [0.4, 0.5) is 0 Å². The Morgan fingerprint density at radius 2 is 1.07 bits per heavy atom. The normalized spacial score (nSPS) is 11.4. The first-order chi connectivity index (χ1) is 14.2. The molecule has 9 heteroatoms. The second-order valence-corrected chi connectivity index (χ2v) is 8.11. The minimum absolute atomic E-state index is 0.0746. The fourth-order valence-electron chi connectivity index (χ4n) is 3.28. The van der Waals surface area contributed by atoms with Crippen LogP contribution in [0, 0.1) is 0 Å². The molecule has 0 bridgehead atoms. The van der Waals surface area contributed by atoms with Crippen LogP contribution in [0.25, 0.3) is 11.1 Å². The van der Waals surface area contributed by atoms with Gasteiger partial charge in [0.1, 0.15) is 0 Å². The molecule has 2 N–H and O–H groups in total. The van der Waals surface area contributed by atoms with Crippen LogP contribution in [0.5, 0.6) is 0 Å². The summed E-state index contributed by atoms with van der Waals surface area (Å²) < 4.78 is 0. The Labute approximate surface area is 196 Å². The summed E-state index contributed by atoms with van der Waals surface area (Å²) in [6.45, 7) is 0. The highest BCUT2D eigenvalue weighted by Crippen LogP contribution is 2.51. The van der Waals surface area contributed by atoms with E-state index in [-0.39, 0.29) is 20.6 Å². The quantitative estimate of drug-likeness (QED) is 0.221. The molecule has 3 aromatic rings. The molecule has 0 unspecified atom stereocenters. The van der Waals surface area contributed by atoms with Crippen molar-refractivity contribution in [2.75, 3.05) is 0 Å². The van der Waals surface area contributed by atoms with E-state index in [1.54, 1.807) is 42.5 Å². The summed E-state index contributed by atoms with van der Waals surface area (Å²) in [5, 5.41) is 18.9. The number of hydrogen-bond acceptors (Lipinski definition) is 2. The Balaban J connectivity index is 2.54. The van der Waals surface area contributed by atoms with Crippen molar-refractivity contribution in [1.29, 1.82) is 0 Å². The summed E-state index contributed by atoms with van der Waals surface area (Å²) in [6, 6.07) is 14.9. The number of carbonyl (C=O) groups is 2. The van der Waals surface area contributed by atoms with E-state index in [0.717, 1.165) is 0 Å². The number of hydrogen-bond donors (Lipinski definition) is 2. The van der Waals surface area contributed by atoms with Gasteiger partial charge in [0.15, 0.2) is 0 Å². The molecule has 0 saturated heterocycles. The van der Waals surface area contributed by atoms with Gasteiger partial charge >= 0.3 is 11.9 Å². The van der Waals surface area contributed by atoms with Crippen LogP contribution in [0.2, 0.25) is 25.1 Å². The van der Waals surface area contributed by atoms with Crippen LogP contribution in [-0.4, -0.2) is 22.2 Å². The number of carboxylic acids is 2. The zero-order valence-corrected chi connectivity index (χ0v) is 18.6. The van der Waals surface area contributed by atoms with Gasteiger partial charge in [0.2, 0.25) is 5.41 Å². The molecule has 0 radical (unpaired) electrons. The van der Waals surface area contributed by atoms with E-state index in [1.165, 1.54) is 12.1 Å². The molecular formula is C21H11Cl5O4. The monoisotopic (exact) mass is 502 g/mol. The molecule has 4 nitrogen and oxygen atoms in total. The van der Waals surface area contributed by atoms with Gasteiger partial charge in [-0.3, -0.25) is 9.59 Å². The third-order valence-electron chi connectivity index (χ3n) is 4.64. The van der Waals surface area contributed by atoms with Gasteiger partial charge in [-0.2, -0.15) is 0 Å². The lowest BCUT2D eigenvalue weighted by atomic mass is 9.71. The fourth-order valence-corrected chi connectivity index (χ4v) is 4.71. The lowest BCUT2D eigenvalue weighted by molar-refractivity contribution is -0.155. The van der Waals surface area contributed by atoms with E-state index >= 15 is 0 Å². The van der Waals surface area contributed by atoms with Gasteiger partial charge in [-0.15, -0.1) is 0 Å². The summed E-state index contributed by atoms with van der Waals surface area (Å²) >= 11 is 30.9. The van der Waals surface area contributed by atoms with Gasteiger partial charge in [0.25, 0.3) is 0 Å². The number of carboxylic acid groups (broad SMARTS) is 2. The molecule has 154 valence electrons. The van der Waals surface area contributed by atoms with E-state index in [9.17, 15) is 19.8 Å². The number of rotatable bonds is 5. The summed E-state index contributed by atoms with van der Waals surface area (Å²) in [5.74, 6) is -3.45. The van der Waals surface area contributed by atoms with Crippen LogP contribution < -0.4 is 0 Å². The predicted octanol–water partition coefficient (Wildman–Crippen LogP) is 7.08. The third-order valence-corrected chi connectivity index (χ3v) is 6.92. The molecular weight excluding hydrogens is 493 g/mol. The highest BCUT2D eigenvalue weighted by atomic mass is 35.5. The minimum Gasteiger partial charge on any atom is -0.480 e. The molecule has 30 heavy (non-hydrogen) atoms. The maximum Gasteiger partial charge on any atom is 0.330 e. The van der Waals surface area contributed by atoms with Crippen molar-refractivity contribution in [3.05, 3.63) is 90.8 Å².